The molecule has 5 aromatic rings. The summed E-state index contributed by atoms with van der Waals surface area (Å²) in [6, 6.07) is 14.7. The number of fused-ring (bicyclic) bond motifs is 2. The van der Waals surface area contributed by atoms with Gasteiger partial charge in [0, 0.05) is 27.9 Å². The molecule has 2 amide bonds. The zero-order valence-electron chi connectivity index (χ0n) is 23.3. The minimum absolute atomic E-state index is 0.113. The van der Waals surface area contributed by atoms with Crippen molar-refractivity contribution in [2.75, 3.05) is 0 Å². The molecule has 0 saturated carbocycles. The van der Waals surface area contributed by atoms with E-state index >= 15 is 0 Å². The highest BCUT2D eigenvalue weighted by Crippen LogP contribution is 2.46. The summed E-state index contributed by atoms with van der Waals surface area (Å²) in [5, 5.41) is 6.51. The summed E-state index contributed by atoms with van der Waals surface area (Å²) in [5.74, 6) is -1.72. The maximum absolute atomic E-state index is 14.1. The van der Waals surface area contributed by atoms with Gasteiger partial charge in [-0.05, 0) is 69.4 Å². The molecule has 0 bridgehead atoms. The molecule has 0 unspecified atom stereocenters. The Morgan fingerprint density at radius 2 is 0.927 bits per heavy atom. The van der Waals surface area contributed by atoms with E-state index in [4.69, 9.17) is 4.74 Å². The number of esters is 2. The monoisotopic (exact) mass is 545 g/mol. The zero-order chi connectivity index (χ0) is 28.4. The quantitative estimate of drug-likeness (QED) is 0.0466. The molecule has 0 fully saturated rings. The Labute approximate surface area is 237 Å². The number of nitrogens with zero attached hydrogens (tertiary/aromatic N) is 1. The van der Waals surface area contributed by atoms with Crippen molar-refractivity contribution in [3.8, 4) is 0 Å². The topological polar surface area (TPSA) is 80.8 Å². The van der Waals surface area contributed by atoms with Gasteiger partial charge in [0.05, 0.1) is 11.1 Å². The molecule has 41 heavy (non-hydrogen) atoms. The van der Waals surface area contributed by atoms with Crippen LogP contribution in [-0.4, -0.2) is 34.7 Å². The number of imide groups is 1. The third kappa shape index (κ3) is 3.62. The van der Waals surface area contributed by atoms with Gasteiger partial charge in [-0.2, -0.15) is 0 Å². The molecule has 206 valence electrons. The van der Waals surface area contributed by atoms with Crippen molar-refractivity contribution in [2.24, 2.45) is 0 Å². The van der Waals surface area contributed by atoms with Crippen molar-refractivity contribution < 1.29 is 23.9 Å². The molecule has 0 N–H and O–H groups in total. The van der Waals surface area contributed by atoms with Crippen LogP contribution < -0.4 is 0 Å². The summed E-state index contributed by atoms with van der Waals surface area (Å²) in [5.41, 5.74) is 1.85. The standard InChI is InChI=1S/C35H31NO5/c1-3-5-7-9-19(10-8-6-4-2)36-32(37)24-15-11-20-22-13-17-26-31-27(35(40)41-34(26)39)18-14-23(29(22)31)21-12-16-25(33(36)38)30(24)28(20)21/h11-19H,3-10H2,1-2H3. The third-order valence-electron chi connectivity index (χ3n) is 9.07. The van der Waals surface area contributed by atoms with Gasteiger partial charge in [0.2, 0.25) is 0 Å². The van der Waals surface area contributed by atoms with Gasteiger partial charge in [0.15, 0.2) is 0 Å². The van der Waals surface area contributed by atoms with Gasteiger partial charge in [-0.3, -0.25) is 14.5 Å². The van der Waals surface area contributed by atoms with Crippen LogP contribution in [0.1, 0.15) is 107 Å². The van der Waals surface area contributed by atoms with Gasteiger partial charge in [-0.15, -0.1) is 0 Å². The number of ether oxygens (including phenoxy) is 1. The number of hydrogen-bond donors (Lipinski definition) is 0. The average molecular weight is 546 g/mol. The Balaban J connectivity index is 1.45. The number of carbonyl (C=O) groups is 4. The first-order chi connectivity index (χ1) is 20.0. The number of benzene rings is 5. The first-order valence-electron chi connectivity index (χ1n) is 14.8. The highest BCUT2D eigenvalue weighted by atomic mass is 16.6. The van der Waals surface area contributed by atoms with Crippen molar-refractivity contribution in [1.82, 2.24) is 4.90 Å². The first-order valence-corrected chi connectivity index (χ1v) is 14.8. The summed E-state index contributed by atoms with van der Waals surface area (Å²) in [6.45, 7) is 4.32. The second kappa shape index (κ2) is 9.65. The smallest absolute Gasteiger partial charge is 0.346 e. The highest BCUT2D eigenvalue weighted by Gasteiger charge is 2.38. The van der Waals surface area contributed by atoms with E-state index in [0.717, 1.165) is 83.7 Å². The van der Waals surface area contributed by atoms with Crippen LogP contribution >= 0.6 is 0 Å². The lowest BCUT2D eigenvalue weighted by Crippen LogP contribution is -2.47. The second-order valence-corrected chi connectivity index (χ2v) is 11.4. The molecule has 2 aliphatic rings. The van der Waals surface area contributed by atoms with Gasteiger partial charge in [0.25, 0.3) is 11.8 Å². The predicted molar refractivity (Wildman–Crippen MR) is 160 cm³/mol. The van der Waals surface area contributed by atoms with Crippen molar-refractivity contribution >= 4 is 66.8 Å². The van der Waals surface area contributed by atoms with E-state index < -0.39 is 11.9 Å². The van der Waals surface area contributed by atoms with Gasteiger partial charge in [0.1, 0.15) is 0 Å². The van der Waals surface area contributed by atoms with Crippen LogP contribution in [0.3, 0.4) is 0 Å². The van der Waals surface area contributed by atoms with Crippen LogP contribution in [0.5, 0.6) is 0 Å². The van der Waals surface area contributed by atoms with E-state index in [2.05, 4.69) is 13.8 Å². The number of carbonyl (C=O) groups excluding carboxylic acids is 4. The molecule has 6 nitrogen and oxygen atoms in total. The maximum atomic E-state index is 14.1. The molecule has 7 rings (SSSR count). The number of unbranched alkanes of at least 4 members (excludes halogenated alkanes) is 4. The molecule has 0 saturated heterocycles. The maximum Gasteiger partial charge on any atom is 0.346 e. The fourth-order valence-corrected chi connectivity index (χ4v) is 7.13. The van der Waals surface area contributed by atoms with Gasteiger partial charge in [-0.1, -0.05) is 76.6 Å². The Morgan fingerprint density at radius 3 is 1.34 bits per heavy atom. The predicted octanol–water partition coefficient (Wildman–Crippen LogP) is 8.17. The van der Waals surface area contributed by atoms with Crippen LogP contribution in [0.2, 0.25) is 0 Å². The lowest BCUT2D eigenvalue weighted by Gasteiger charge is -2.34. The SMILES string of the molecule is CCCCCC(CCCCC)N1C(=O)c2ccc3c4ccc5c6c(ccc(c7ccc(c2c37)C1=O)c64)C(=O)OC5=O. The fraction of sp³-hybridized carbons (Fsp3) is 0.314. The summed E-state index contributed by atoms with van der Waals surface area (Å²) < 4.78 is 4.97. The van der Waals surface area contributed by atoms with Crippen molar-refractivity contribution in [1.29, 1.82) is 0 Å². The van der Waals surface area contributed by atoms with E-state index in [9.17, 15) is 19.2 Å². The van der Waals surface area contributed by atoms with E-state index in [-0.39, 0.29) is 17.9 Å². The molecule has 0 atom stereocenters. The molecular weight excluding hydrogens is 514 g/mol. The van der Waals surface area contributed by atoms with Crippen molar-refractivity contribution in [3.63, 3.8) is 0 Å². The Hall–Kier alpha value is -4.32. The molecule has 2 aliphatic heterocycles. The Bertz CT molecular complexity index is 1810. The van der Waals surface area contributed by atoms with Crippen LogP contribution in [0.15, 0.2) is 48.5 Å². The average Bonchev–Trinajstić information content (AvgIpc) is 2.97. The van der Waals surface area contributed by atoms with Crippen molar-refractivity contribution in [2.45, 2.75) is 71.3 Å². The van der Waals surface area contributed by atoms with Crippen LogP contribution in [0, 0.1) is 0 Å². The first kappa shape index (κ1) is 25.6. The van der Waals surface area contributed by atoms with Crippen LogP contribution in [0.4, 0.5) is 0 Å². The molecule has 0 spiro atoms. The van der Waals surface area contributed by atoms with E-state index in [1.54, 1.807) is 17.0 Å². The fourth-order valence-electron chi connectivity index (χ4n) is 7.13. The van der Waals surface area contributed by atoms with E-state index in [1.165, 1.54) is 0 Å². The highest BCUT2D eigenvalue weighted by molar-refractivity contribution is 6.40. The second-order valence-electron chi connectivity index (χ2n) is 11.4. The molecule has 5 aromatic carbocycles. The summed E-state index contributed by atoms with van der Waals surface area (Å²) in [7, 11) is 0. The summed E-state index contributed by atoms with van der Waals surface area (Å²) >= 11 is 0. The Morgan fingerprint density at radius 1 is 0.537 bits per heavy atom. The van der Waals surface area contributed by atoms with E-state index in [0.29, 0.717) is 33.0 Å². The molecular formula is C35H31NO5. The molecule has 0 radical (unpaired) electrons. The van der Waals surface area contributed by atoms with Gasteiger partial charge in [-0.25, -0.2) is 9.59 Å². The third-order valence-corrected chi connectivity index (χ3v) is 9.07. The van der Waals surface area contributed by atoms with Gasteiger partial charge >= 0.3 is 11.9 Å². The largest absolute Gasteiger partial charge is 0.386 e. The number of cyclic esters (lactones) is 2. The summed E-state index contributed by atoms with van der Waals surface area (Å²) in [6.07, 6.45) is 7.97. The Kier molecular flexibility index (Phi) is 6.03. The van der Waals surface area contributed by atoms with Crippen molar-refractivity contribution in [3.05, 3.63) is 70.8 Å². The lowest BCUT2D eigenvalue weighted by atomic mass is 9.82. The van der Waals surface area contributed by atoms with Crippen LogP contribution in [-0.2, 0) is 4.74 Å². The van der Waals surface area contributed by atoms with Gasteiger partial charge < -0.3 is 4.74 Å². The zero-order valence-corrected chi connectivity index (χ0v) is 23.3. The number of rotatable bonds is 9. The molecule has 6 heteroatoms. The molecule has 0 aliphatic carbocycles. The lowest BCUT2D eigenvalue weighted by molar-refractivity contribution is 0.0389. The molecule has 0 aromatic heterocycles. The number of amides is 2. The normalized spacial score (nSPS) is 15.0. The minimum atomic E-state index is -0.647. The minimum Gasteiger partial charge on any atom is -0.386 e. The number of hydrogen-bond acceptors (Lipinski definition) is 5. The van der Waals surface area contributed by atoms with E-state index in [1.807, 2.05) is 36.4 Å². The van der Waals surface area contributed by atoms with Crippen LogP contribution in [0.25, 0.3) is 43.1 Å². The molecule has 2 heterocycles. The summed E-state index contributed by atoms with van der Waals surface area (Å²) in [4.78, 5) is 54.9.